The van der Waals surface area contributed by atoms with Crippen molar-refractivity contribution in [1.29, 1.82) is 0 Å². The van der Waals surface area contributed by atoms with Crippen molar-refractivity contribution < 1.29 is 27.2 Å². The summed E-state index contributed by atoms with van der Waals surface area (Å²) < 4.78 is 35.2. The summed E-state index contributed by atoms with van der Waals surface area (Å²) in [5, 5.41) is 0. The third-order valence-corrected chi connectivity index (χ3v) is 10.9. The first-order chi connectivity index (χ1) is 18.0. The van der Waals surface area contributed by atoms with E-state index in [4.69, 9.17) is 27.2 Å². The third kappa shape index (κ3) is 23.7. The smallest absolute Gasteiger partial charge is 0.321 e. The molecule has 0 aromatic carbocycles. The van der Waals surface area contributed by atoms with Crippen LogP contribution >= 0.6 is 0 Å². The van der Waals surface area contributed by atoms with Crippen molar-refractivity contribution in [2.24, 2.45) is 0 Å². The van der Waals surface area contributed by atoms with Gasteiger partial charge in [0.1, 0.15) is 0 Å². The maximum absolute atomic E-state index is 6.11. The highest BCUT2D eigenvalue weighted by molar-refractivity contribution is 6.44. The fraction of sp³-hybridized carbons (Fsp3) is 1.00. The predicted octanol–water partition coefficient (Wildman–Crippen LogP) is 5.83. The van der Waals surface area contributed by atoms with Crippen molar-refractivity contribution in [3.05, 3.63) is 0 Å². The number of rotatable bonds is 29. The van der Waals surface area contributed by atoms with Gasteiger partial charge in [0.15, 0.2) is 0 Å². The van der Waals surface area contributed by atoms with Crippen LogP contribution in [0.15, 0.2) is 0 Å². The second-order valence-electron chi connectivity index (χ2n) is 9.80. The quantitative estimate of drug-likeness (QED) is 0.0836. The molecule has 0 bridgehead atoms. The second kappa shape index (κ2) is 27.7. The van der Waals surface area contributed by atoms with E-state index in [1.807, 2.05) is 0 Å². The van der Waals surface area contributed by atoms with E-state index in [1.165, 1.54) is 38.5 Å². The van der Waals surface area contributed by atoms with Crippen molar-refractivity contribution in [3.63, 3.8) is 0 Å². The lowest BCUT2D eigenvalue weighted by atomic mass is 10.2. The van der Waals surface area contributed by atoms with E-state index in [9.17, 15) is 0 Å². The van der Waals surface area contributed by atoms with Crippen LogP contribution in [-0.2, 0) is 27.2 Å². The van der Waals surface area contributed by atoms with Gasteiger partial charge in [-0.25, -0.2) is 0 Å². The zero-order valence-electron chi connectivity index (χ0n) is 25.6. The highest BCUT2D eigenvalue weighted by Crippen LogP contribution is 2.11. The molecule has 0 aromatic heterocycles. The number of hydrogen-bond acceptors (Lipinski definition) is 7. The van der Waals surface area contributed by atoms with Crippen molar-refractivity contribution in [3.8, 4) is 0 Å². The Balaban J connectivity index is 3.80. The van der Waals surface area contributed by atoms with Crippen molar-refractivity contribution in [2.75, 3.05) is 59.3 Å². The van der Waals surface area contributed by atoms with Crippen LogP contribution in [0.5, 0.6) is 0 Å². The summed E-state index contributed by atoms with van der Waals surface area (Å²) in [5.74, 6) is 0. The molecule has 0 aliphatic carbocycles. The molecular formula is C28H63NO6Si2. The zero-order valence-corrected chi connectivity index (χ0v) is 28.0. The average molecular weight is 566 g/mol. The van der Waals surface area contributed by atoms with Gasteiger partial charge in [-0.3, -0.25) is 4.90 Å². The molecule has 37 heavy (non-hydrogen) atoms. The van der Waals surface area contributed by atoms with Gasteiger partial charge in [0.25, 0.3) is 0 Å². The molecule has 0 saturated carbocycles. The van der Waals surface area contributed by atoms with Gasteiger partial charge >= 0.3 is 18.6 Å². The van der Waals surface area contributed by atoms with Gasteiger partial charge in [-0.2, -0.15) is 0 Å². The standard InChI is InChI=1S/C28H63NO6Si2/c1-8-29(25-27(6)30-21-17-13-15-19-23-36(32-9-2)33-10-3)26-28(7)31-22-18-14-16-20-24-37(34-11-4)35-12-5/h27-28,36-37H,8-26H2,1-7H3. The van der Waals surface area contributed by atoms with Crippen LogP contribution < -0.4 is 0 Å². The minimum Gasteiger partial charge on any atom is -0.397 e. The fourth-order valence-electron chi connectivity index (χ4n) is 4.44. The highest BCUT2D eigenvalue weighted by atomic mass is 28.3. The fourth-order valence-corrected chi connectivity index (χ4v) is 8.03. The molecule has 9 heteroatoms. The molecule has 0 fully saturated rings. The van der Waals surface area contributed by atoms with E-state index in [0.717, 1.165) is 84.2 Å². The van der Waals surface area contributed by atoms with Crippen LogP contribution in [0.4, 0.5) is 0 Å². The molecule has 0 amide bonds. The van der Waals surface area contributed by atoms with Crippen LogP contribution in [0, 0.1) is 0 Å². The van der Waals surface area contributed by atoms with Gasteiger partial charge in [0.05, 0.1) is 12.2 Å². The van der Waals surface area contributed by atoms with E-state index < -0.39 is 18.6 Å². The summed E-state index contributed by atoms with van der Waals surface area (Å²) in [6.07, 6.45) is 10.1. The van der Waals surface area contributed by atoms with Crippen LogP contribution in [0.3, 0.4) is 0 Å². The summed E-state index contributed by atoms with van der Waals surface area (Å²) in [7, 11) is -2.84. The number of likely N-dealkylation sites (N-methyl/N-ethyl adjacent to an activating group) is 1. The molecule has 0 N–H and O–H groups in total. The minimum absolute atomic E-state index is 0.251. The van der Waals surface area contributed by atoms with Gasteiger partial charge in [0, 0.05) is 52.7 Å². The molecule has 0 aliphatic heterocycles. The molecule has 2 unspecified atom stereocenters. The maximum Gasteiger partial charge on any atom is 0.321 e. The summed E-state index contributed by atoms with van der Waals surface area (Å²) in [6, 6.07) is 2.24. The Bertz CT molecular complexity index is 416. The number of ether oxygens (including phenoxy) is 2. The van der Waals surface area contributed by atoms with Crippen LogP contribution in [0.25, 0.3) is 0 Å². The highest BCUT2D eigenvalue weighted by Gasteiger charge is 2.14. The Hall–Kier alpha value is 0.154. The first kappa shape index (κ1) is 37.2. The Morgan fingerprint density at radius 2 is 0.865 bits per heavy atom. The molecule has 0 radical (unpaired) electrons. The van der Waals surface area contributed by atoms with E-state index in [1.54, 1.807) is 0 Å². The predicted molar refractivity (Wildman–Crippen MR) is 160 cm³/mol. The molecule has 224 valence electrons. The molecule has 0 spiro atoms. The number of nitrogens with zero attached hydrogens (tertiary/aromatic N) is 1. The molecular weight excluding hydrogens is 502 g/mol. The zero-order chi connectivity index (χ0) is 27.6. The summed E-state index contributed by atoms with van der Waals surface area (Å²) in [6.45, 7) is 22.6. The summed E-state index contributed by atoms with van der Waals surface area (Å²) in [5.41, 5.74) is 0. The molecule has 0 heterocycles. The summed E-state index contributed by atoms with van der Waals surface area (Å²) >= 11 is 0. The largest absolute Gasteiger partial charge is 0.397 e. The number of unbranched alkanes of at least 4 members (excludes halogenated alkanes) is 6. The molecule has 2 atom stereocenters. The van der Waals surface area contributed by atoms with Crippen molar-refractivity contribution in [2.45, 2.75) is 124 Å². The van der Waals surface area contributed by atoms with E-state index >= 15 is 0 Å². The first-order valence-corrected chi connectivity index (χ1v) is 18.9. The first-order valence-electron chi connectivity index (χ1n) is 15.4. The van der Waals surface area contributed by atoms with Gasteiger partial charge in [0.2, 0.25) is 0 Å². The van der Waals surface area contributed by atoms with Crippen LogP contribution in [0.1, 0.15) is 99.8 Å². The molecule has 7 nitrogen and oxygen atoms in total. The van der Waals surface area contributed by atoms with Crippen molar-refractivity contribution >= 4 is 18.6 Å². The third-order valence-electron chi connectivity index (χ3n) is 6.36. The maximum atomic E-state index is 6.11. The minimum atomic E-state index is -1.42. The summed E-state index contributed by atoms with van der Waals surface area (Å²) in [4.78, 5) is 2.45. The Kier molecular flexibility index (Phi) is 27.8. The van der Waals surface area contributed by atoms with Crippen LogP contribution in [0.2, 0.25) is 12.1 Å². The number of hydrogen-bond donors (Lipinski definition) is 0. The monoisotopic (exact) mass is 565 g/mol. The molecule has 0 rings (SSSR count). The topological polar surface area (TPSA) is 58.6 Å². The van der Waals surface area contributed by atoms with E-state index in [0.29, 0.717) is 0 Å². The lowest BCUT2D eigenvalue weighted by molar-refractivity contribution is 0.00577. The van der Waals surface area contributed by atoms with Gasteiger partial charge in [-0.05, 0) is 73.0 Å². The van der Waals surface area contributed by atoms with Gasteiger partial charge in [-0.1, -0.05) is 45.4 Å². The van der Waals surface area contributed by atoms with Gasteiger partial charge in [-0.15, -0.1) is 0 Å². The SMILES string of the molecule is CCO[SiH](CCCCCCOC(C)CN(CC)CC(C)OCCCCCC[SiH](OCC)OCC)OCC. The Morgan fingerprint density at radius 1 is 0.514 bits per heavy atom. The van der Waals surface area contributed by atoms with Crippen LogP contribution in [-0.4, -0.2) is 95.0 Å². The van der Waals surface area contributed by atoms with Gasteiger partial charge < -0.3 is 27.2 Å². The molecule has 0 aliphatic rings. The Labute approximate surface area is 233 Å². The van der Waals surface area contributed by atoms with Crippen molar-refractivity contribution in [1.82, 2.24) is 4.90 Å². The van der Waals surface area contributed by atoms with E-state index in [-0.39, 0.29) is 12.2 Å². The molecule has 0 saturated heterocycles. The second-order valence-corrected chi connectivity index (χ2v) is 14.0. The van der Waals surface area contributed by atoms with E-state index in [2.05, 4.69) is 53.4 Å². The Morgan fingerprint density at radius 3 is 1.19 bits per heavy atom. The normalized spacial score (nSPS) is 13.8. The average Bonchev–Trinajstić information content (AvgIpc) is 2.87. The lowest BCUT2D eigenvalue weighted by Crippen LogP contribution is -2.38. The lowest BCUT2D eigenvalue weighted by Gasteiger charge is -2.27. The molecule has 0 aromatic rings.